The topological polar surface area (TPSA) is 48.9 Å². The van der Waals surface area contributed by atoms with E-state index in [9.17, 15) is 9.18 Å². The zero-order chi connectivity index (χ0) is 20.0. The Labute approximate surface area is 173 Å². The number of hydrogen-bond donors (Lipinski definition) is 0. The van der Waals surface area contributed by atoms with Gasteiger partial charge in [-0.2, -0.15) is 0 Å². The molecule has 5 rings (SSSR count). The minimum Gasteiger partial charge on any atom is -0.484 e. The summed E-state index contributed by atoms with van der Waals surface area (Å²) in [7, 11) is 2.20. The molecule has 1 amide bonds. The molecule has 2 atom stereocenters. The van der Waals surface area contributed by atoms with E-state index in [1.807, 2.05) is 4.90 Å². The number of rotatable bonds is 4. The predicted octanol–water partition coefficient (Wildman–Crippen LogP) is 2.53. The lowest BCUT2D eigenvalue weighted by Crippen LogP contribution is -2.52. The van der Waals surface area contributed by atoms with Gasteiger partial charge < -0.3 is 19.4 Å². The first-order valence-electron chi connectivity index (χ1n) is 10.2. The van der Waals surface area contributed by atoms with Crippen LogP contribution < -0.4 is 9.64 Å². The van der Waals surface area contributed by atoms with E-state index in [1.54, 1.807) is 11.3 Å². The van der Waals surface area contributed by atoms with Gasteiger partial charge in [-0.15, -0.1) is 0 Å². The smallest absolute Gasteiger partial charge is 0.260 e. The molecule has 8 heteroatoms. The summed E-state index contributed by atoms with van der Waals surface area (Å²) in [5.74, 6) is 0.139. The molecule has 0 saturated carbocycles. The van der Waals surface area contributed by atoms with Crippen LogP contribution in [0.25, 0.3) is 0 Å². The fraction of sp³-hybridized carbons (Fsp3) is 0.524. The average molecular weight is 417 g/mol. The summed E-state index contributed by atoms with van der Waals surface area (Å²) >= 11 is 1.75. The van der Waals surface area contributed by atoms with Crippen molar-refractivity contribution in [1.29, 1.82) is 0 Å². The van der Waals surface area contributed by atoms with Crippen LogP contribution in [0.1, 0.15) is 23.4 Å². The van der Waals surface area contributed by atoms with Gasteiger partial charge in [0.2, 0.25) is 0 Å². The fourth-order valence-corrected chi connectivity index (χ4v) is 5.96. The molecule has 3 aliphatic rings. The number of fused-ring (bicyclic) bond motifs is 3. The number of aromatic nitrogens is 1. The standard InChI is InChI=1S/C21H25FN4O2S/c1-24-10-15-4-5-16(11-24)26(15)21-23-18-8-9-25(12-19(18)29-21)20(27)13-28-17-6-2-14(22)3-7-17/h2-3,6-7,15-16H,4-5,8-13H2,1H3. The number of amides is 1. The summed E-state index contributed by atoms with van der Waals surface area (Å²) in [4.78, 5) is 25.6. The molecule has 2 saturated heterocycles. The first-order chi connectivity index (χ1) is 14.1. The first-order valence-corrected chi connectivity index (χ1v) is 11.0. The molecule has 3 aliphatic heterocycles. The molecule has 1 aromatic carbocycles. The van der Waals surface area contributed by atoms with E-state index in [-0.39, 0.29) is 18.3 Å². The van der Waals surface area contributed by atoms with Crippen molar-refractivity contribution in [3.05, 3.63) is 40.7 Å². The Bertz CT molecular complexity index is 889. The number of anilines is 1. The van der Waals surface area contributed by atoms with Crippen molar-refractivity contribution in [2.45, 2.75) is 37.9 Å². The number of thiazole rings is 1. The Hall–Kier alpha value is -2.19. The number of ether oxygens (including phenoxy) is 1. The summed E-state index contributed by atoms with van der Waals surface area (Å²) < 4.78 is 18.5. The number of piperazine rings is 1. The first kappa shape index (κ1) is 18.8. The number of nitrogens with zero attached hydrogens (tertiary/aromatic N) is 4. The van der Waals surface area contributed by atoms with Gasteiger partial charge in [-0.25, -0.2) is 9.37 Å². The van der Waals surface area contributed by atoms with Crippen LogP contribution in [-0.4, -0.2) is 66.1 Å². The van der Waals surface area contributed by atoms with Gasteiger partial charge in [0.15, 0.2) is 11.7 Å². The van der Waals surface area contributed by atoms with E-state index in [2.05, 4.69) is 16.8 Å². The molecule has 29 heavy (non-hydrogen) atoms. The molecule has 4 heterocycles. The van der Waals surface area contributed by atoms with Gasteiger partial charge in [0.05, 0.1) is 12.2 Å². The quantitative estimate of drug-likeness (QED) is 0.767. The van der Waals surface area contributed by atoms with Crippen molar-refractivity contribution >= 4 is 22.4 Å². The predicted molar refractivity (Wildman–Crippen MR) is 110 cm³/mol. The number of likely N-dealkylation sites (tertiary alicyclic amines) is 1. The van der Waals surface area contributed by atoms with E-state index in [4.69, 9.17) is 9.72 Å². The molecule has 1 aromatic heterocycles. The molecule has 0 aliphatic carbocycles. The zero-order valence-corrected chi connectivity index (χ0v) is 17.3. The highest BCUT2D eigenvalue weighted by Crippen LogP contribution is 2.39. The second-order valence-electron chi connectivity index (χ2n) is 8.19. The highest BCUT2D eigenvalue weighted by molar-refractivity contribution is 7.15. The third-order valence-electron chi connectivity index (χ3n) is 6.13. The Morgan fingerprint density at radius 3 is 2.69 bits per heavy atom. The molecule has 154 valence electrons. The molecule has 2 fully saturated rings. The van der Waals surface area contributed by atoms with Gasteiger partial charge in [-0.05, 0) is 44.2 Å². The molecule has 2 unspecified atom stereocenters. The molecule has 0 spiro atoms. The maximum Gasteiger partial charge on any atom is 0.260 e. The van der Waals surface area contributed by atoms with Crippen molar-refractivity contribution in [3.63, 3.8) is 0 Å². The molecule has 2 aromatic rings. The van der Waals surface area contributed by atoms with Crippen LogP contribution in [0.15, 0.2) is 24.3 Å². The van der Waals surface area contributed by atoms with Crippen molar-refractivity contribution < 1.29 is 13.9 Å². The van der Waals surface area contributed by atoms with Crippen molar-refractivity contribution in [3.8, 4) is 5.75 Å². The molecule has 0 radical (unpaired) electrons. The number of carbonyl (C=O) groups is 1. The number of hydrogen-bond acceptors (Lipinski definition) is 6. The largest absolute Gasteiger partial charge is 0.484 e. The van der Waals surface area contributed by atoms with E-state index in [1.165, 1.54) is 42.0 Å². The van der Waals surface area contributed by atoms with Crippen molar-refractivity contribution in [2.75, 3.05) is 38.2 Å². The maximum atomic E-state index is 13.0. The molecular weight excluding hydrogens is 391 g/mol. The SMILES string of the molecule is CN1CC2CCC(C1)N2c1nc2c(s1)CN(C(=O)COc1ccc(F)cc1)CC2. The van der Waals surface area contributed by atoms with Crippen LogP contribution in [0.4, 0.5) is 9.52 Å². The van der Waals surface area contributed by atoms with Gasteiger partial charge in [0.1, 0.15) is 11.6 Å². The second-order valence-corrected chi connectivity index (χ2v) is 9.25. The molecule has 0 N–H and O–H groups in total. The van der Waals surface area contributed by atoms with Gasteiger partial charge >= 0.3 is 0 Å². The van der Waals surface area contributed by atoms with E-state index < -0.39 is 0 Å². The lowest BCUT2D eigenvalue weighted by atomic mass is 10.2. The third-order valence-corrected chi connectivity index (χ3v) is 7.23. The molecule has 6 nitrogen and oxygen atoms in total. The number of halogens is 1. The van der Waals surface area contributed by atoms with Gasteiger partial charge in [0, 0.05) is 43.0 Å². The van der Waals surface area contributed by atoms with E-state index >= 15 is 0 Å². The lowest BCUT2D eigenvalue weighted by molar-refractivity contribution is -0.134. The van der Waals surface area contributed by atoms with Crippen molar-refractivity contribution in [2.24, 2.45) is 0 Å². The Morgan fingerprint density at radius 2 is 1.97 bits per heavy atom. The molecule has 2 bridgehead atoms. The molecular formula is C21H25FN4O2S. The third kappa shape index (κ3) is 3.71. The summed E-state index contributed by atoms with van der Waals surface area (Å²) in [6.07, 6.45) is 3.27. The van der Waals surface area contributed by atoms with Crippen LogP contribution in [0.2, 0.25) is 0 Å². The highest BCUT2D eigenvalue weighted by atomic mass is 32.1. The van der Waals surface area contributed by atoms with E-state index in [0.717, 1.165) is 30.3 Å². The summed E-state index contributed by atoms with van der Waals surface area (Å²) in [6, 6.07) is 6.86. The minimum absolute atomic E-state index is 0.0325. The number of benzene rings is 1. The van der Waals surface area contributed by atoms with Gasteiger partial charge in [-0.3, -0.25) is 4.79 Å². The highest BCUT2D eigenvalue weighted by Gasteiger charge is 2.40. The van der Waals surface area contributed by atoms with Crippen LogP contribution >= 0.6 is 11.3 Å². The monoisotopic (exact) mass is 416 g/mol. The summed E-state index contributed by atoms with van der Waals surface area (Å²) in [5, 5.41) is 1.13. The lowest BCUT2D eigenvalue weighted by Gasteiger charge is -2.39. The van der Waals surface area contributed by atoms with Crippen LogP contribution in [0.3, 0.4) is 0 Å². The van der Waals surface area contributed by atoms with Gasteiger partial charge in [0.25, 0.3) is 5.91 Å². The second kappa shape index (κ2) is 7.57. The van der Waals surface area contributed by atoms with Crippen LogP contribution in [-0.2, 0) is 17.8 Å². The van der Waals surface area contributed by atoms with Crippen LogP contribution in [0.5, 0.6) is 5.75 Å². The Morgan fingerprint density at radius 1 is 1.24 bits per heavy atom. The zero-order valence-electron chi connectivity index (χ0n) is 16.5. The maximum absolute atomic E-state index is 13.0. The Kier molecular flexibility index (Phi) is 4.91. The summed E-state index contributed by atoms with van der Waals surface area (Å²) in [6.45, 7) is 3.44. The van der Waals surface area contributed by atoms with Gasteiger partial charge in [-0.1, -0.05) is 11.3 Å². The fourth-order valence-electron chi connectivity index (χ4n) is 4.70. The number of likely N-dealkylation sites (N-methyl/N-ethyl adjacent to an activating group) is 1. The Balaban J connectivity index is 1.23. The van der Waals surface area contributed by atoms with Crippen molar-refractivity contribution in [1.82, 2.24) is 14.8 Å². The van der Waals surface area contributed by atoms with Crippen LogP contribution in [0, 0.1) is 5.82 Å². The van der Waals surface area contributed by atoms with E-state index in [0.29, 0.717) is 30.9 Å². The average Bonchev–Trinajstić information content (AvgIpc) is 3.24. The minimum atomic E-state index is -0.318. The summed E-state index contributed by atoms with van der Waals surface area (Å²) in [5.41, 5.74) is 1.15. The normalized spacial score (nSPS) is 23.9. The number of carbonyl (C=O) groups excluding carboxylic acids is 1.